The van der Waals surface area contributed by atoms with E-state index in [1.807, 2.05) is 0 Å². The standard InChI is InChI=1S/C12H10Cl2FNO/c1-16-12(10-4-5-11(14)17-10)8-3-2-7(13)6-9(8)15/h2-6,12,16H,1H3. The number of hydrogen-bond donors (Lipinski definition) is 1. The third kappa shape index (κ3) is 2.63. The van der Waals surface area contributed by atoms with Gasteiger partial charge in [0.2, 0.25) is 0 Å². The van der Waals surface area contributed by atoms with Gasteiger partial charge in [0.05, 0.1) is 6.04 Å². The molecule has 2 rings (SSSR count). The van der Waals surface area contributed by atoms with Crippen molar-refractivity contribution in [2.24, 2.45) is 0 Å². The first kappa shape index (κ1) is 12.4. The Balaban J connectivity index is 2.42. The molecule has 0 radical (unpaired) electrons. The monoisotopic (exact) mass is 273 g/mol. The van der Waals surface area contributed by atoms with E-state index in [0.29, 0.717) is 16.3 Å². The van der Waals surface area contributed by atoms with E-state index in [4.69, 9.17) is 27.6 Å². The number of nitrogens with one attached hydrogen (secondary N) is 1. The Bertz CT molecular complexity index is 527. The lowest BCUT2D eigenvalue weighted by atomic mass is 10.0. The van der Waals surface area contributed by atoms with Crippen molar-refractivity contribution in [1.29, 1.82) is 0 Å². The molecule has 0 aliphatic heterocycles. The Morgan fingerprint density at radius 1 is 1.24 bits per heavy atom. The van der Waals surface area contributed by atoms with Gasteiger partial charge in [-0.1, -0.05) is 17.7 Å². The molecule has 17 heavy (non-hydrogen) atoms. The minimum atomic E-state index is -0.389. The second-order valence-electron chi connectivity index (χ2n) is 3.53. The van der Waals surface area contributed by atoms with Gasteiger partial charge in [0, 0.05) is 10.6 Å². The molecular weight excluding hydrogens is 264 g/mol. The van der Waals surface area contributed by atoms with Crippen molar-refractivity contribution in [1.82, 2.24) is 5.32 Å². The fraction of sp³-hybridized carbons (Fsp3) is 0.167. The van der Waals surface area contributed by atoms with Crippen molar-refractivity contribution in [2.75, 3.05) is 7.05 Å². The van der Waals surface area contributed by atoms with Crippen LogP contribution < -0.4 is 5.32 Å². The molecule has 5 heteroatoms. The Labute approximate surface area is 108 Å². The van der Waals surface area contributed by atoms with Gasteiger partial charge >= 0.3 is 0 Å². The molecule has 0 aliphatic rings. The van der Waals surface area contributed by atoms with Gasteiger partial charge in [-0.2, -0.15) is 0 Å². The summed E-state index contributed by atoms with van der Waals surface area (Å²) in [6.07, 6.45) is 0. The zero-order valence-corrected chi connectivity index (χ0v) is 10.5. The quantitative estimate of drug-likeness (QED) is 0.913. The van der Waals surface area contributed by atoms with Crippen LogP contribution in [0.4, 0.5) is 4.39 Å². The van der Waals surface area contributed by atoms with Gasteiger partial charge in [0.15, 0.2) is 5.22 Å². The summed E-state index contributed by atoms with van der Waals surface area (Å²) in [5, 5.41) is 3.61. The molecule has 1 aromatic carbocycles. The third-order valence-electron chi connectivity index (χ3n) is 2.44. The average Bonchev–Trinajstić information content (AvgIpc) is 2.69. The topological polar surface area (TPSA) is 25.2 Å². The zero-order valence-electron chi connectivity index (χ0n) is 9.01. The lowest BCUT2D eigenvalue weighted by Gasteiger charge is -2.14. The minimum Gasteiger partial charge on any atom is -0.448 e. The van der Waals surface area contributed by atoms with Crippen LogP contribution in [0, 0.1) is 5.82 Å². The largest absolute Gasteiger partial charge is 0.448 e. The predicted octanol–water partition coefficient (Wildman–Crippen LogP) is 4.03. The van der Waals surface area contributed by atoms with Gasteiger partial charge in [-0.25, -0.2) is 4.39 Å². The van der Waals surface area contributed by atoms with Crippen molar-refractivity contribution < 1.29 is 8.81 Å². The number of rotatable bonds is 3. The van der Waals surface area contributed by atoms with Crippen LogP contribution >= 0.6 is 23.2 Å². The lowest BCUT2D eigenvalue weighted by molar-refractivity contribution is 0.454. The van der Waals surface area contributed by atoms with Gasteiger partial charge in [0.25, 0.3) is 0 Å². The summed E-state index contributed by atoms with van der Waals surface area (Å²) in [7, 11) is 1.72. The fourth-order valence-electron chi connectivity index (χ4n) is 1.67. The van der Waals surface area contributed by atoms with E-state index in [0.717, 1.165) is 0 Å². The number of halogens is 3. The molecule has 2 nitrogen and oxygen atoms in total. The van der Waals surface area contributed by atoms with Crippen LogP contribution in [0.1, 0.15) is 17.4 Å². The molecule has 1 N–H and O–H groups in total. The molecule has 0 saturated carbocycles. The average molecular weight is 274 g/mol. The molecule has 1 aromatic heterocycles. The molecule has 0 saturated heterocycles. The van der Waals surface area contributed by atoms with Crippen molar-refractivity contribution in [3.8, 4) is 0 Å². The highest BCUT2D eigenvalue weighted by atomic mass is 35.5. The number of hydrogen-bond acceptors (Lipinski definition) is 2. The van der Waals surface area contributed by atoms with Crippen LogP contribution in [0.25, 0.3) is 0 Å². The van der Waals surface area contributed by atoms with Crippen molar-refractivity contribution >= 4 is 23.2 Å². The van der Waals surface area contributed by atoms with Crippen molar-refractivity contribution in [2.45, 2.75) is 6.04 Å². The molecule has 0 fully saturated rings. The van der Waals surface area contributed by atoms with Crippen LogP contribution in [0.3, 0.4) is 0 Å². The highest BCUT2D eigenvalue weighted by Gasteiger charge is 2.19. The van der Waals surface area contributed by atoms with Crippen molar-refractivity contribution in [3.05, 3.63) is 57.7 Å². The van der Waals surface area contributed by atoms with Gasteiger partial charge < -0.3 is 9.73 Å². The summed E-state index contributed by atoms with van der Waals surface area (Å²) in [5.41, 5.74) is 0.461. The molecule has 90 valence electrons. The van der Waals surface area contributed by atoms with E-state index in [1.54, 1.807) is 31.3 Å². The Morgan fingerprint density at radius 2 is 2.00 bits per heavy atom. The normalized spacial score (nSPS) is 12.7. The summed E-state index contributed by atoms with van der Waals surface area (Å²) in [6.45, 7) is 0. The summed E-state index contributed by atoms with van der Waals surface area (Å²) in [6, 6.07) is 7.46. The second-order valence-corrected chi connectivity index (χ2v) is 4.34. The first-order chi connectivity index (χ1) is 8.11. The van der Waals surface area contributed by atoms with Crippen LogP contribution in [0.2, 0.25) is 10.2 Å². The third-order valence-corrected chi connectivity index (χ3v) is 2.88. The molecular formula is C12H10Cl2FNO. The summed E-state index contributed by atoms with van der Waals surface area (Å²) < 4.78 is 19.1. The first-order valence-corrected chi connectivity index (χ1v) is 5.75. The summed E-state index contributed by atoms with van der Waals surface area (Å²) in [5.74, 6) is 0.170. The van der Waals surface area contributed by atoms with Crippen LogP contribution in [0.15, 0.2) is 34.7 Å². The maximum absolute atomic E-state index is 13.8. The van der Waals surface area contributed by atoms with E-state index in [1.165, 1.54) is 6.07 Å². The number of benzene rings is 1. The Kier molecular flexibility index (Phi) is 3.72. The molecule has 1 unspecified atom stereocenters. The van der Waals surface area contributed by atoms with E-state index in [-0.39, 0.29) is 17.1 Å². The maximum Gasteiger partial charge on any atom is 0.193 e. The lowest BCUT2D eigenvalue weighted by Crippen LogP contribution is -2.18. The summed E-state index contributed by atoms with van der Waals surface area (Å²) >= 11 is 11.4. The van der Waals surface area contributed by atoms with Gasteiger partial charge in [0.1, 0.15) is 11.6 Å². The van der Waals surface area contributed by atoms with Gasteiger partial charge in [-0.05, 0) is 42.9 Å². The van der Waals surface area contributed by atoms with Crippen LogP contribution in [-0.4, -0.2) is 7.05 Å². The molecule has 1 atom stereocenters. The second kappa shape index (κ2) is 5.08. The number of furan rings is 1. The zero-order chi connectivity index (χ0) is 12.4. The predicted molar refractivity (Wildman–Crippen MR) is 66.0 cm³/mol. The highest BCUT2D eigenvalue weighted by Crippen LogP contribution is 2.28. The smallest absolute Gasteiger partial charge is 0.193 e. The molecule has 0 spiro atoms. The molecule has 0 bridgehead atoms. The SMILES string of the molecule is CNC(c1ccc(Cl)o1)c1ccc(Cl)cc1F. The molecule has 1 heterocycles. The van der Waals surface area contributed by atoms with E-state index < -0.39 is 0 Å². The highest BCUT2D eigenvalue weighted by molar-refractivity contribution is 6.30. The molecule has 0 amide bonds. The maximum atomic E-state index is 13.8. The Hall–Kier alpha value is -1.03. The molecule has 0 aliphatic carbocycles. The fourth-order valence-corrected chi connectivity index (χ4v) is 1.98. The first-order valence-electron chi connectivity index (χ1n) is 4.99. The minimum absolute atomic E-state index is 0.273. The summed E-state index contributed by atoms with van der Waals surface area (Å²) in [4.78, 5) is 0. The van der Waals surface area contributed by atoms with E-state index in [9.17, 15) is 4.39 Å². The van der Waals surface area contributed by atoms with Crippen LogP contribution in [0.5, 0.6) is 0 Å². The van der Waals surface area contributed by atoms with Gasteiger partial charge in [-0.3, -0.25) is 0 Å². The van der Waals surface area contributed by atoms with Crippen LogP contribution in [-0.2, 0) is 0 Å². The molecule has 2 aromatic rings. The van der Waals surface area contributed by atoms with E-state index >= 15 is 0 Å². The van der Waals surface area contributed by atoms with Crippen molar-refractivity contribution in [3.63, 3.8) is 0 Å². The van der Waals surface area contributed by atoms with E-state index in [2.05, 4.69) is 5.32 Å². The van der Waals surface area contributed by atoms with Gasteiger partial charge in [-0.15, -0.1) is 0 Å². The Morgan fingerprint density at radius 3 is 2.53 bits per heavy atom.